The lowest BCUT2D eigenvalue weighted by atomic mass is 9.97. The Bertz CT molecular complexity index is 506. The van der Waals surface area contributed by atoms with E-state index in [9.17, 15) is 4.79 Å². The first kappa shape index (κ1) is 15.6. The third-order valence-corrected chi connectivity index (χ3v) is 4.41. The molecule has 116 valence electrons. The number of benzene rings is 1. The molecule has 0 radical (unpaired) electrons. The summed E-state index contributed by atoms with van der Waals surface area (Å²) in [4.78, 5) is 16.5. The number of para-hydroxylation sites is 2. The van der Waals surface area contributed by atoms with Crippen LogP contribution in [0.4, 0.5) is 11.4 Å². The largest absolute Gasteiger partial charge is 0.468 e. The third kappa shape index (κ3) is 3.13. The number of hydrogen-bond acceptors (Lipinski definition) is 5. The van der Waals surface area contributed by atoms with E-state index in [2.05, 4.69) is 46.4 Å². The highest BCUT2D eigenvalue weighted by Gasteiger charge is 2.33. The summed E-state index contributed by atoms with van der Waals surface area (Å²) >= 11 is 0. The smallest absolute Gasteiger partial charge is 0.325 e. The zero-order chi connectivity index (χ0) is 15.5. The molecule has 1 N–H and O–H groups in total. The first-order valence-corrected chi connectivity index (χ1v) is 7.34. The molecule has 1 heterocycles. The van der Waals surface area contributed by atoms with Crippen LogP contribution in [0, 0.1) is 0 Å². The van der Waals surface area contributed by atoms with Crippen molar-refractivity contribution in [3.8, 4) is 0 Å². The molecule has 1 aromatic rings. The Morgan fingerprint density at radius 2 is 2.00 bits per heavy atom. The van der Waals surface area contributed by atoms with Crippen molar-refractivity contribution in [1.29, 1.82) is 0 Å². The van der Waals surface area contributed by atoms with Crippen LogP contribution in [0.5, 0.6) is 0 Å². The minimum Gasteiger partial charge on any atom is -0.468 e. The van der Waals surface area contributed by atoms with Crippen LogP contribution in [0.3, 0.4) is 0 Å². The van der Waals surface area contributed by atoms with E-state index in [1.807, 2.05) is 6.92 Å². The van der Waals surface area contributed by atoms with Crippen LogP contribution in [0.2, 0.25) is 0 Å². The van der Waals surface area contributed by atoms with E-state index in [1.165, 1.54) is 18.5 Å². The van der Waals surface area contributed by atoms with Crippen LogP contribution in [0.25, 0.3) is 0 Å². The lowest BCUT2D eigenvalue weighted by Gasteiger charge is -2.38. The van der Waals surface area contributed by atoms with Gasteiger partial charge in [-0.1, -0.05) is 12.1 Å². The predicted octanol–water partition coefficient (Wildman–Crippen LogP) is 1.48. The summed E-state index contributed by atoms with van der Waals surface area (Å²) in [6.45, 7) is 4.66. The summed E-state index contributed by atoms with van der Waals surface area (Å²) in [6.07, 6.45) is 0.703. The van der Waals surface area contributed by atoms with Crippen molar-refractivity contribution in [3.63, 3.8) is 0 Å². The van der Waals surface area contributed by atoms with Crippen LogP contribution < -0.4 is 15.1 Å². The van der Waals surface area contributed by atoms with Crippen LogP contribution in [0.15, 0.2) is 24.3 Å². The number of carbonyl (C=O) groups is 1. The minimum atomic E-state index is -0.646. The van der Waals surface area contributed by atoms with Gasteiger partial charge in [0.1, 0.15) is 5.54 Å². The lowest BCUT2D eigenvalue weighted by molar-refractivity contribution is -0.147. The molecule has 0 aromatic heterocycles. The molecule has 5 heteroatoms. The Balaban J connectivity index is 2.11. The highest BCUT2D eigenvalue weighted by atomic mass is 16.5. The molecule has 1 aromatic carbocycles. The van der Waals surface area contributed by atoms with E-state index in [0.717, 1.165) is 19.6 Å². The number of nitrogens with one attached hydrogen (secondary N) is 1. The molecule has 21 heavy (non-hydrogen) atoms. The Hall–Kier alpha value is -1.75. The Morgan fingerprint density at radius 1 is 1.33 bits per heavy atom. The number of ether oxygens (including phenoxy) is 1. The second-order valence-electron chi connectivity index (χ2n) is 5.72. The lowest BCUT2D eigenvalue weighted by Crippen LogP contribution is -2.51. The molecule has 1 atom stereocenters. The molecule has 0 saturated heterocycles. The number of nitrogens with zero attached hydrogens (tertiary/aromatic N) is 2. The zero-order valence-electron chi connectivity index (χ0n) is 13.3. The fraction of sp³-hybridized carbons (Fsp3) is 0.562. The summed E-state index contributed by atoms with van der Waals surface area (Å²) in [5.74, 6) is -0.215. The molecular formula is C16H25N3O2. The number of rotatable bonds is 5. The van der Waals surface area contributed by atoms with E-state index in [1.54, 1.807) is 7.05 Å². The summed E-state index contributed by atoms with van der Waals surface area (Å²) in [6, 6.07) is 8.40. The first-order chi connectivity index (χ1) is 10.0. The van der Waals surface area contributed by atoms with Crippen LogP contribution in [-0.4, -0.2) is 52.3 Å². The van der Waals surface area contributed by atoms with Gasteiger partial charge in [0.15, 0.2) is 0 Å². The summed E-state index contributed by atoms with van der Waals surface area (Å²) in [5.41, 5.74) is 1.83. The second kappa shape index (κ2) is 6.35. The number of methoxy groups -OCH3 is 1. The topological polar surface area (TPSA) is 44.8 Å². The van der Waals surface area contributed by atoms with Crippen LogP contribution in [-0.2, 0) is 9.53 Å². The van der Waals surface area contributed by atoms with Crippen molar-refractivity contribution in [2.24, 2.45) is 0 Å². The van der Waals surface area contributed by atoms with Crippen LogP contribution >= 0.6 is 0 Å². The number of hydrogen-bond donors (Lipinski definition) is 1. The van der Waals surface area contributed by atoms with Crippen molar-refractivity contribution in [3.05, 3.63) is 24.3 Å². The van der Waals surface area contributed by atoms with Gasteiger partial charge in [-0.2, -0.15) is 0 Å². The van der Waals surface area contributed by atoms with Gasteiger partial charge in [0.2, 0.25) is 0 Å². The monoisotopic (exact) mass is 291 g/mol. The van der Waals surface area contributed by atoms with E-state index in [-0.39, 0.29) is 5.97 Å². The zero-order valence-corrected chi connectivity index (χ0v) is 13.3. The van der Waals surface area contributed by atoms with Gasteiger partial charge in [-0.3, -0.25) is 4.79 Å². The van der Waals surface area contributed by atoms with Crippen molar-refractivity contribution >= 4 is 17.3 Å². The van der Waals surface area contributed by atoms with E-state index >= 15 is 0 Å². The van der Waals surface area contributed by atoms with Crippen molar-refractivity contribution < 1.29 is 9.53 Å². The molecule has 1 unspecified atom stereocenters. The van der Waals surface area contributed by atoms with E-state index in [4.69, 9.17) is 4.74 Å². The molecule has 2 rings (SSSR count). The average molecular weight is 291 g/mol. The SMILES string of the molecule is CNC(C)(CCN1CCN(C)c2ccccc21)C(=O)OC. The second-order valence-corrected chi connectivity index (χ2v) is 5.72. The average Bonchev–Trinajstić information content (AvgIpc) is 2.53. The Morgan fingerprint density at radius 3 is 2.62 bits per heavy atom. The maximum absolute atomic E-state index is 11.9. The molecule has 0 spiro atoms. The summed E-state index contributed by atoms with van der Waals surface area (Å²) < 4.78 is 4.90. The normalized spacial score (nSPS) is 17.1. The van der Waals surface area contributed by atoms with Crippen molar-refractivity contribution in [2.75, 3.05) is 50.6 Å². The standard InChI is InChI=1S/C16H25N3O2/c1-16(17-2,15(20)21-4)9-10-19-12-11-18(3)13-7-5-6-8-14(13)19/h5-8,17H,9-12H2,1-4H3. The molecule has 5 nitrogen and oxygen atoms in total. The van der Waals surface area contributed by atoms with Gasteiger partial charge >= 0.3 is 5.97 Å². The first-order valence-electron chi connectivity index (χ1n) is 7.34. The molecule has 0 fully saturated rings. The fourth-order valence-corrected chi connectivity index (χ4v) is 2.71. The minimum absolute atomic E-state index is 0.215. The number of esters is 1. The molecule has 0 aliphatic carbocycles. The third-order valence-electron chi connectivity index (χ3n) is 4.41. The molecule has 1 aliphatic rings. The summed E-state index contributed by atoms with van der Waals surface area (Å²) in [5, 5.41) is 3.09. The van der Waals surface area contributed by atoms with Gasteiger partial charge in [-0.05, 0) is 32.5 Å². The molecule has 1 aliphatic heterocycles. The predicted molar refractivity (Wildman–Crippen MR) is 86.0 cm³/mol. The Labute approximate surface area is 126 Å². The fourth-order valence-electron chi connectivity index (χ4n) is 2.71. The quantitative estimate of drug-likeness (QED) is 0.833. The van der Waals surface area contributed by atoms with Gasteiger partial charge in [0.05, 0.1) is 18.5 Å². The van der Waals surface area contributed by atoms with Gasteiger partial charge in [0, 0.05) is 26.7 Å². The van der Waals surface area contributed by atoms with Gasteiger partial charge in [-0.15, -0.1) is 0 Å². The van der Waals surface area contributed by atoms with E-state index in [0.29, 0.717) is 6.42 Å². The van der Waals surface area contributed by atoms with Gasteiger partial charge in [-0.25, -0.2) is 0 Å². The number of fused-ring (bicyclic) bond motifs is 1. The molecule has 0 bridgehead atoms. The molecular weight excluding hydrogens is 266 g/mol. The van der Waals surface area contributed by atoms with Gasteiger partial charge < -0.3 is 19.9 Å². The number of likely N-dealkylation sites (N-methyl/N-ethyl adjacent to an activating group) is 2. The number of anilines is 2. The maximum atomic E-state index is 11.9. The van der Waals surface area contributed by atoms with Crippen molar-refractivity contribution in [1.82, 2.24) is 5.32 Å². The van der Waals surface area contributed by atoms with Crippen LogP contribution in [0.1, 0.15) is 13.3 Å². The maximum Gasteiger partial charge on any atom is 0.325 e. The van der Waals surface area contributed by atoms with E-state index < -0.39 is 5.54 Å². The highest BCUT2D eigenvalue weighted by molar-refractivity contribution is 5.80. The molecule has 0 amide bonds. The molecule has 0 saturated carbocycles. The number of carbonyl (C=O) groups excluding carboxylic acids is 1. The van der Waals surface area contributed by atoms with Crippen molar-refractivity contribution in [2.45, 2.75) is 18.9 Å². The highest BCUT2D eigenvalue weighted by Crippen LogP contribution is 2.32. The summed E-state index contributed by atoms with van der Waals surface area (Å²) in [7, 11) is 5.35. The van der Waals surface area contributed by atoms with Gasteiger partial charge in [0.25, 0.3) is 0 Å². The Kier molecular flexibility index (Phi) is 4.73.